The topological polar surface area (TPSA) is 24.5 Å². The SMILES string of the molecule is COCCC(C)Nc1ccc(N(C)C)c(Cl)c1. The molecule has 3 nitrogen and oxygen atoms in total. The molecule has 0 bridgehead atoms. The Hall–Kier alpha value is -0.930. The molecule has 0 spiro atoms. The normalized spacial score (nSPS) is 12.3. The van der Waals surface area contributed by atoms with Gasteiger partial charge >= 0.3 is 0 Å². The summed E-state index contributed by atoms with van der Waals surface area (Å²) in [7, 11) is 5.68. The number of anilines is 2. The highest BCUT2D eigenvalue weighted by atomic mass is 35.5. The molecule has 0 saturated heterocycles. The van der Waals surface area contributed by atoms with Gasteiger partial charge in [0.05, 0.1) is 10.7 Å². The Morgan fingerprint density at radius 1 is 1.41 bits per heavy atom. The van der Waals surface area contributed by atoms with Crippen molar-refractivity contribution in [1.29, 1.82) is 0 Å². The molecule has 0 heterocycles. The lowest BCUT2D eigenvalue weighted by Gasteiger charge is -2.18. The number of benzene rings is 1. The van der Waals surface area contributed by atoms with Gasteiger partial charge in [-0.05, 0) is 31.5 Å². The van der Waals surface area contributed by atoms with Crippen LogP contribution >= 0.6 is 11.6 Å². The summed E-state index contributed by atoms with van der Waals surface area (Å²) in [6, 6.07) is 6.40. The summed E-state index contributed by atoms with van der Waals surface area (Å²) in [6.45, 7) is 2.89. The Bertz CT molecular complexity index is 355. The van der Waals surface area contributed by atoms with E-state index in [1.807, 2.05) is 37.2 Å². The lowest BCUT2D eigenvalue weighted by atomic mass is 10.2. The van der Waals surface area contributed by atoms with Crippen LogP contribution in [0.3, 0.4) is 0 Å². The lowest BCUT2D eigenvalue weighted by Crippen LogP contribution is -2.17. The summed E-state index contributed by atoms with van der Waals surface area (Å²) >= 11 is 6.21. The molecule has 1 unspecified atom stereocenters. The molecule has 0 amide bonds. The number of hydrogen-bond acceptors (Lipinski definition) is 3. The molecule has 96 valence electrons. The Labute approximate surface area is 109 Å². The molecule has 0 saturated carbocycles. The highest BCUT2D eigenvalue weighted by molar-refractivity contribution is 6.33. The second kappa shape index (κ2) is 6.72. The standard InChI is InChI=1S/C13H21ClN2O/c1-10(7-8-17-4)15-11-5-6-13(16(2)3)12(14)9-11/h5-6,9-10,15H,7-8H2,1-4H3. The van der Waals surface area contributed by atoms with E-state index in [1.165, 1.54) is 0 Å². The first kappa shape index (κ1) is 14.1. The van der Waals surface area contributed by atoms with Crippen molar-refractivity contribution in [3.63, 3.8) is 0 Å². The summed E-state index contributed by atoms with van der Waals surface area (Å²) < 4.78 is 5.05. The van der Waals surface area contributed by atoms with Gasteiger partial charge in [0.2, 0.25) is 0 Å². The number of ether oxygens (including phenoxy) is 1. The highest BCUT2D eigenvalue weighted by Crippen LogP contribution is 2.27. The minimum atomic E-state index is 0.372. The zero-order valence-corrected chi connectivity index (χ0v) is 11.7. The van der Waals surface area contributed by atoms with Crippen LogP contribution in [0.25, 0.3) is 0 Å². The first-order valence-electron chi connectivity index (χ1n) is 5.77. The zero-order chi connectivity index (χ0) is 12.8. The number of nitrogens with one attached hydrogen (secondary N) is 1. The van der Waals surface area contributed by atoms with Crippen molar-refractivity contribution in [2.24, 2.45) is 0 Å². The fourth-order valence-corrected chi connectivity index (χ4v) is 1.96. The Morgan fingerprint density at radius 3 is 2.65 bits per heavy atom. The van der Waals surface area contributed by atoms with E-state index < -0.39 is 0 Å². The molecule has 4 heteroatoms. The van der Waals surface area contributed by atoms with Crippen molar-refractivity contribution in [3.8, 4) is 0 Å². The third-order valence-electron chi connectivity index (χ3n) is 2.60. The van der Waals surface area contributed by atoms with Crippen LogP contribution in [0.1, 0.15) is 13.3 Å². The van der Waals surface area contributed by atoms with E-state index in [9.17, 15) is 0 Å². The van der Waals surface area contributed by atoms with E-state index in [0.29, 0.717) is 6.04 Å². The quantitative estimate of drug-likeness (QED) is 0.846. The molecule has 0 aromatic heterocycles. The monoisotopic (exact) mass is 256 g/mol. The molecule has 1 N–H and O–H groups in total. The molecule has 1 atom stereocenters. The molecular formula is C13H21ClN2O. The van der Waals surface area contributed by atoms with Gasteiger partial charge < -0.3 is 15.0 Å². The fourth-order valence-electron chi connectivity index (χ4n) is 1.61. The van der Waals surface area contributed by atoms with E-state index in [4.69, 9.17) is 16.3 Å². The number of methoxy groups -OCH3 is 1. The number of rotatable bonds is 6. The van der Waals surface area contributed by atoms with Gasteiger partial charge in [0, 0.05) is 39.5 Å². The molecule has 0 aliphatic carbocycles. The third kappa shape index (κ3) is 4.44. The highest BCUT2D eigenvalue weighted by Gasteiger charge is 2.06. The van der Waals surface area contributed by atoms with E-state index in [0.717, 1.165) is 29.4 Å². The minimum Gasteiger partial charge on any atom is -0.385 e. The molecule has 1 rings (SSSR count). The van der Waals surface area contributed by atoms with Crippen molar-refractivity contribution in [1.82, 2.24) is 0 Å². The van der Waals surface area contributed by atoms with Gasteiger partial charge in [-0.2, -0.15) is 0 Å². The van der Waals surface area contributed by atoms with Crippen LogP contribution in [0.5, 0.6) is 0 Å². The molecule has 17 heavy (non-hydrogen) atoms. The lowest BCUT2D eigenvalue weighted by molar-refractivity contribution is 0.191. The van der Waals surface area contributed by atoms with Crippen LogP contribution in [-0.2, 0) is 4.74 Å². The summed E-state index contributed by atoms with van der Waals surface area (Å²) in [6.07, 6.45) is 0.976. The zero-order valence-electron chi connectivity index (χ0n) is 11.0. The second-order valence-corrected chi connectivity index (χ2v) is 4.79. The Balaban J connectivity index is 2.64. The maximum Gasteiger partial charge on any atom is 0.0659 e. The average molecular weight is 257 g/mol. The van der Waals surface area contributed by atoms with Gasteiger partial charge in [-0.1, -0.05) is 11.6 Å². The summed E-state index contributed by atoms with van der Waals surface area (Å²) in [5.41, 5.74) is 2.07. The van der Waals surface area contributed by atoms with Crippen LogP contribution < -0.4 is 10.2 Å². The molecule has 1 aromatic carbocycles. The van der Waals surface area contributed by atoms with E-state index in [-0.39, 0.29) is 0 Å². The van der Waals surface area contributed by atoms with E-state index in [1.54, 1.807) is 7.11 Å². The van der Waals surface area contributed by atoms with Crippen LogP contribution in [0.2, 0.25) is 5.02 Å². The Morgan fingerprint density at radius 2 is 2.12 bits per heavy atom. The van der Waals surface area contributed by atoms with Gasteiger partial charge in [0.1, 0.15) is 0 Å². The average Bonchev–Trinajstić information content (AvgIpc) is 2.26. The van der Waals surface area contributed by atoms with Gasteiger partial charge in [-0.15, -0.1) is 0 Å². The van der Waals surface area contributed by atoms with Crippen molar-refractivity contribution in [2.75, 3.05) is 38.0 Å². The predicted octanol–water partition coefficient (Wildman–Crippen LogP) is 3.24. The molecular weight excluding hydrogens is 236 g/mol. The maximum absolute atomic E-state index is 6.21. The molecule has 1 aromatic rings. The van der Waals surface area contributed by atoms with Crippen LogP contribution in [0.15, 0.2) is 18.2 Å². The Kier molecular flexibility index (Phi) is 5.59. The first-order valence-corrected chi connectivity index (χ1v) is 6.14. The molecule has 0 aliphatic rings. The first-order chi connectivity index (χ1) is 8.04. The maximum atomic E-state index is 6.21. The van der Waals surface area contributed by atoms with Crippen molar-refractivity contribution in [3.05, 3.63) is 23.2 Å². The summed E-state index contributed by atoms with van der Waals surface area (Å²) in [5, 5.41) is 4.16. The fraction of sp³-hybridized carbons (Fsp3) is 0.538. The molecule has 0 radical (unpaired) electrons. The van der Waals surface area contributed by atoms with Crippen LogP contribution in [-0.4, -0.2) is 33.9 Å². The molecule has 0 fully saturated rings. The van der Waals surface area contributed by atoms with E-state index >= 15 is 0 Å². The number of halogens is 1. The van der Waals surface area contributed by atoms with E-state index in [2.05, 4.69) is 12.2 Å². The minimum absolute atomic E-state index is 0.372. The van der Waals surface area contributed by atoms with Gasteiger partial charge in [-0.3, -0.25) is 0 Å². The smallest absolute Gasteiger partial charge is 0.0659 e. The van der Waals surface area contributed by atoms with Crippen LogP contribution in [0.4, 0.5) is 11.4 Å². The largest absolute Gasteiger partial charge is 0.385 e. The van der Waals surface area contributed by atoms with Gasteiger partial charge in [-0.25, -0.2) is 0 Å². The van der Waals surface area contributed by atoms with Gasteiger partial charge in [0.25, 0.3) is 0 Å². The number of hydrogen-bond donors (Lipinski definition) is 1. The van der Waals surface area contributed by atoms with Crippen molar-refractivity contribution < 1.29 is 4.74 Å². The van der Waals surface area contributed by atoms with Crippen molar-refractivity contribution in [2.45, 2.75) is 19.4 Å². The second-order valence-electron chi connectivity index (χ2n) is 4.39. The summed E-state index contributed by atoms with van der Waals surface area (Å²) in [5.74, 6) is 0. The predicted molar refractivity (Wildman–Crippen MR) is 75.4 cm³/mol. The third-order valence-corrected chi connectivity index (χ3v) is 2.90. The van der Waals surface area contributed by atoms with Crippen molar-refractivity contribution >= 4 is 23.0 Å². The van der Waals surface area contributed by atoms with Crippen LogP contribution in [0, 0.1) is 0 Å². The number of nitrogens with zero attached hydrogens (tertiary/aromatic N) is 1. The molecule has 0 aliphatic heterocycles. The summed E-state index contributed by atoms with van der Waals surface area (Å²) in [4.78, 5) is 2.00. The van der Waals surface area contributed by atoms with Gasteiger partial charge in [0.15, 0.2) is 0 Å².